The lowest BCUT2D eigenvalue weighted by molar-refractivity contribution is 0.167. The fraction of sp³-hybridized carbons (Fsp3) is 0.444. The first kappa shape index (κ1) is 15.9. The van der Waals surface area contributed by atoms with Crippen LogP contribution in [0.4, 0.5) is 4.39 Å². The van der Waals surface area contributed by atoms with Gasteiger partial charge in [0.15, 0.2) is 5.75 Å². The molecule has 1 aromatic heterocycles. The molecule has 4 nitrogen and oxygen atoms in total. The minimum Gasteiger partial charge on any atom is -0.489 e. The van der Waals surface area contributed by atoms with Crippen molar-refractivity contribution < 1.29 is 13.9 Å². The standard InChI is InChI=1S/C18H21FN2O2/c1-12-17(9-20-13(2)21-12)23-11-18(8-15(18)10-22-3)14-5-4-6-16(19)7-14/h4-7,9,15H,8,10-11H2,1-3H3/t15-,18+/m0/s1. The van der Waals surface area contributed by atoms with E-state index in [2.05, 4.69) is 9.97 Å². The molecule has 1 heterocycles. The van der Waals surface area contributed by atoms with Crippen molar-refractivity contribution in [3.63, 3.8) is 0 Å². The Morgan fingerprint density at radius 3 is 2.87 bits per heavy atom. The van der Waals surface area contributed by atoms with Crippen molar-refractivity contribution >= 4 is 0 Å². The molecule has 0 saturated heterocycles. The van der Waals surface area contributed by atoms with Crippen LogP contribution in [0.2, 0.25) is 0 Å². The summed E-state index contributed by atoms with van der Waals surface area (Å²) >= 11 is 0. The molecule has 2 aromatic rings. The Balaban J connectivity index is 1.81. The molecule has 1 aromatic carbocycles. The Hall–Kier alpha value is -2.01. The first-order chi connectivity index (χ1) is 11.0. The molecule has 0 spiro atoms. The van der Waals surface area contributed by atoms with Crippen molar-refractivity contribution in [3.8, 4) is 5.75 Å². The second kappa shape index (κ2) is 6.24. The van der Waals surface area contributed by atoms with E-state index < -0.39 is 0 Å². The van der Waals surface area contributed by atoms with Gasteiger partial charge in [-0.3, -0.25) is 0 Å². The van der Waals surface area contributed by atoms with Crippen molar-refractivity contribution in [2.75, 3.05) is 20.3 Å². The summed E-state index contributed by atoms with van der Waals surface area (Å²) in [6.45, 7) is 4.86. The van der Waals surface area contributed by atoms with Gasteiger partial charge in [0.1, 0.15) is 11.6 Å². The van der Waals surface area contributed by atoms with E-state index in [1.165, 1.54) is 6.07 Å². The van der Waals surface area contributed by atoms with Gasteiger partial charge in [0.2, 0.25) is 0 Å². The molecule has 23 heavy (non-hydrogen) atoms. The van der Waals surface area contributed by atoms with Crippen LogP contribution in [0.1, 0.15) is 23.5 Å². The third-order valence-electron chi connectivity index (χ3n) is 4.54. The van der Waals surface area contributed by atoms with Crippen LogP contribution in [0.5, 0.6) is 5.75 Å². The fourth-order valence-corrected chi connectivity index (χ4v) is 3.13. The summed E-state index contributed by atoms with van der Waals surface area (Å²) in [5.74, 6) is 1.51. The van der Waals surface area contributed by atoms with Crippen LogP contribution in [0.15, 0.2) is 30.5 Å². The Kier molecular flexibility index (Phi) is 4.31. The fourth-order valence-electron chi connectivity index (χ4n) is 3.13. The van der Waals surface area contributed by atoms with Gasteiger partial charge < -0.3 is 9.47 Å². The molecule has 0 unspecified atom stereocenters. The third-order valence-corrected chi connectivity index (χ3v) is 4.54. The maximum atomic E-state index is 13.6. The van der Waals surface area contributed by atoms with E-state index in [1.54, 1.807) is 25.4 Å². The Bertz CT molecular complexity index is 707. The zero-order chi connectivity index (χ0) is 16.4. The largest absolute Gasteiger partial charge is 0.489 e. The summed E-state index contributed by atoms with van der Waals surface area (Å²) in [6.07, 6.45) is 2.63. The van der Waals surface area contributed by atoms with Gasteiger partial charge in [-0.1, -0.05) is 12.1 Å². The smallest absolute Gasteiger partial charge is 0.158 e. The van der Waals surface area contributed by atoms with Crippen LogP contribution >= 0.6 is 0 Å². The second-order valence-electron chi connectivity index (χ2n) is 6.18. The summed E-state index contributed by atoms with van der Waals surface area (Å²) < 4.78 is 24.9. The number of aryl methyl sites for hydroxylation is 2. The molecule has 1 aliphatic rings. The highest BCUT2D eigenvalue weighted by molar-refractivity contribution is 5.35. The van der Waals surface area contributed by atoms with Crippen molar-refractivity contribution in [3.05, 3.63) is 53.4 Å². The van der Waals surface area contributed by atoms with Gasteiger partial charge in [-0.15, -0.1) is 0 Å². The number of rotatable bonds is 6. The molecule has 122 valence electrons. The average Bonchev–Trinajstić information content (AvgIpc) is 3.21. The highest BCUT2D eigenvalue weighted by Gasteiger charge is 2.56. The summed E-state index contributed by atoms with van der Waals surface area (Å²) in [7, 11) is 1.69. The lowest BCUT2D eigenvalue weighted by Crippen LogP contribution is -2.22. The average molecular weight is 316 g/mol. The van der Waals surface area contributed by atoms with E-state index in [0.717, 1.165) is 23.5 Å². The highest BCUT2D eigenvalue weighted by Crippen LogP contribution is 2.54. The Morgan fingerprint density at radius 2 is 2.17 bits per heavy atom. The number of halogens is 1. The van der Waals surface area contributed by atoms with Gasteiger partial charge in [0, 0.05) is 12.5 Å². The predicted octanol–water partition coefficient (Wildman–Crippen LogP) is 3.22. The predicted molar refractivity (Wildman–Crippen MR) is 85.1 cm³/mol. The normalized spacial score (nSPS) is 22.9. The third kappa shape index (κ3) is 3.20. The van der Waals surface area contributed by atoms with Crippen molar-refractivity contribution in [1.82, 2.24) is 9.97 Å². The number of benzene rings is 1. The molecular weight excluding hydrogens is 295 g/mol. The molecule has 0 aliphatic heterocycles. The van der Waals surface area contributed by atoms with Gasteiger partial charge in [-0.05, 0) is 43.9 Å². The number of hydrogen-bond donors (Lipinski definition) is 0. The van der Waals surface area contributed by atoms with E-state index >= 15 is 0 Å². The van der Waals surface area contributed by atoms with E-state index in [-0.39, 0.29) is 11.2 Å². The van der Waals surface area contributed by atoms with E-state index in [1.807, 2.05) is 19.9 Å². The first-order valence-corrected chi connectivity index (χ1v) is 7.73. The molecule has 1 fully saturated rings. The monoisotopic (exact) mass is 316 g/mol. The van der Waals surface area contributed by atoms with Crippen LogP contribution in [0, 0.1) is 25.6 Å². The minimum atomic E-state index is -0.222. The lowest BCUT2D eigenvalue weighted by Gasteiger charge is -2.19. The van der Waals surface area contributed by atoms with E-state index in [4.69, 9.17) is 9.47 Å². The SMILES string of the molecule is COC[C@@H]1C[C@@]1(COc1cnc(C)nc1C)c1cccc(F)c1. The van der Waals surface area contributed by atoms with Crippen molar-refractivity contribution in [1.29, 1.82) is 0 Å². The maximum absolute atomic E-state index is 13.6. The van der Waals surface area contributed by atoms with E-state index in [0.29, 0.717) is 24.9 Å². The second-order valence-corrected chi connectivity index (χ2v) is 6.18. The zero-order valence-electron chi connectivity index (χ0n) is 13.7. The van der Waals surface area contributed by atoms with Crippen molar-refractivity contribution in [2.24, 2.45) is 5.92 Å². The number of methoxy groups -OCH3 is 1. The molecule has 1 saturated carbocycles. The molecule has 1 aliphatic carbocycles. The Labute approximate surface area is 135 Å². The highest BCUT2D eigenvalue weighted by atomic mass is 19.1. The van der Waals surface area contributed by atoms with Crippen LogP contribution in [-0.2, 0) is 10.2 Å². The van der Waals surface area contributed by atoms with Crippen molar-refractivity contribution in [2.45, 2.75) is 25.7 Å². The molecule has 3 rings (SSSR count). The summed E-state index contributed by atoms with van der Waals surface area (Å²) in [5, 5.41) is 0. The molecule has 0 amide bonds. The van der Waals surface area contributed by atoms with Gasteiger partial charge in [0.05, 0.1) is 25.1 Å². The van der Waals surface area contributed by atoms with Crippen LogP contribution in [0.25, 0.3) is 0 Å². The molecule has 0 N–H and O–H groups in total. The molecule has 0 bridgehead atoms. The number of nitrogens with zero attached hydrogens (tertiary/aromatic N) is 2. The first-order valence-electron chi connectivity index (χ1n) is 7.73. The summed E-state index contributed by atoms with van der Waals surface area (Å²) in [6, 6.07) is 6.76. The molecular formula is C18H21FN2O2. The Morgan fingerprint density at radius 1 is 1.35 bits per heavy atom. The molecule has 5 heteroatoms. The maximum Gasteiger partial charge on any atom is 0.158 e. The lowest BCUT2D eigenvalue weighted by atomic mass is 9.94. The van der Waals surface area contributed by atoms with Gasteiger partial charge in [-0.2, -0.15) is 0 Å². The van der Waals surface area contributed by atoms with Crippen LogP contribution < -0.4 is 4.74 Å². The summed E-state index contributed by atoms with van der Waals surface area (Å²) in [4.78, 5) is 8.50. The van der Waals surface area contributed by atoms with Gasteiger partial charge >= 0.3 is 0 Å². The summed E-state index contributed by atoms with van der Waals surface area (Å²) in [5.41, 5.74) is 1.58. The number of hydrogen-bond acceptors (Lipinski definition) is 4. The van der Waals surface area contributed by atoms with Crippen LogP contribution in [0.3, 0.4) is 0 Å². The van der Waals surface area contributed by atoms with Gasteiger partial charge in [-0.25, -0.2) is 14.4 Å². The van der Waals surface area contributed by atoms with Crippen LogP contribution in [-0.4, -0.2) is 30.3 Å². The minimum absolute atomic E-state index is 0.199. The zero-order valence-corrected chi connectivity index (χ0v) is 13.7. The topological polar surface area (TPSA) is 44.2 Å². The van der Waals surface area contributed by atoms with Gasteiger partial charge in [0.25, 0.3) is 0 Å². The van der Waals surface area contributed by atoms with E-state index in [9.17, 15) is 4.39 Å². The molecule has 0 radical (unpaired) electrons. The number of ether oxygens (including phenoxy) is 2. The number of aromatic nitrogens is 2. The quantitative estimate of drug-likeness (QED) is 0.821. The molecule has 2 atom stereocenters.